The molecule has 4 saturated carbocycles. The molecule has 9 bridgehead atoms. The summed E-state index contributed by atoms with van der Waals surface area (Å²) in [5.74, 6) is 8.12. The number of nitrogens with one attached hydrogen (secondary N) is 4. The number of aliphatic hydroxyl groups excluding tert-OH is 3. The van der Waals surface area contributed by atoms with Gasteiger partial charge in [-0.15, -0.1) is 5.92 Å². The number of carbonyl (C=O) groups excluding carboxylic acids is 4. The minimum atomic E-state index is -1.04. The van der Waals surface area contributed by atoms with Crippen LogP contribution in [0.2, 0.25) is 0 Å². The van der Waals surface area contributed by atoms with Crippen LogP contribution in [0.4, 0.5) is 0 Å². The van der Waals surface area contributed by atoms with Gasteiger partial charge in [-0.25, -0.2) is 14.6 Å². The smallest absolute Gasteiger partial charge is 0.340 e. The van der Waals surface area contributed by atoms with Crippen LogP contribution in [0.15, 0.2) is 125 Å². The van der Waals surface area contributed by atoms with Crippen LogP contribution >= 0.6 is 21.6 Å². The highest BCUT2D eigenvalue weighted by molar-refractivity contribution is 8.76. The summed E-state index contributed by atoms with van der Waals surface area (Å²) in [6, 6.07) is 10.1. The fourth-order valence-electron chi connectivity index (χ4n) is 19.8. The highest BCUT2D eigenvalue weighted by Crippen LogP contribution is 2.72. The average Bonchev–Trinajstić information content (AvgIpc) is 1.60. The van der Waals surface area contributed by atoms with Crippen LogP contribution in [0.25, 0.3) is 0 Å². The Morgan fingerprint density at radius 2 is 1.73 bits per heavy atom. The van der Waals surface area contributed by atoms with Crippen molar-refractivity contribution >= 4 is 45.3 Å². The monoisotopic (exact) mass is 1270 g/mol. The third-order valence-electron chi connectivity index (χ3n) is 24.2. The van der Waals surface area contributed by atoms with Gasteiger partial charge in [-0.1, -0.05) is 103 Å². The van der Waals surface area contributed by atoms with E-state index in [9.17, 15) is 24.9 Å². The van der Waals surface area contributed by atoms with Crippen molar-refractivity contribution < 1.29 is 44.0 Å². The van der Waals surface area contributed by atoms with Gasteiger partial charge in [-0.3, -0.25) is 14.5 Å². The molecule has 17 heteroatoms. The van der Waals surface area contributed by atoms with E-state index in [1.54, 1.807) is 27.9 Å². The first-order valence-corrected chi connectivity index (χ1v) is 37.1. The van der Waals surface area contributed by atoms with Crippen molar-refractivity contribution in [2.75, 3.05) is 32.1 Å². The molecule has 2 amide bonds. The van der Waals surface area contributed by atoms with Crippen LogP contribution in [-0.4, -0.2) is 104 Å². The van der Waals surface area contributed by atoms with E-state index < -0.39 is 35.4 Å². The average molecular weight is 1270 g/mol. The number of aromatic amines is 1. The normalized spacial score (nSPS) is 36.2. The number of aliphatic hydroxyl groups is 3. The zero-order chi connectivity index (χ0) is 62.4. The lowest BCUT2D eigenvalue weighted by molar-refractivity contribution is -0.138. The van der Waals surface area contributed by atoms with Crippen LogP contribution < -0.4 is 16.0 Å². The first-order chi connectivity index (χ1) is 44.4. The van der Waals surface area contributed by atoms with Crippen LogP contribution in [0.1, 0.15) is 147 Å². The van der Waals surface area contributed by atoms with Gasteiger partial charge in [0, 0.05) is 85.6 Å². The van der Waals surface area contributed by atoms with Gasteiger partial charge in [-0.2, -0.15) is 0 Å². The number of cyclic esters (lactones) is 1. The van der Waals surface area contributed by atoms with Gasteiger partial charge in [0.25, 0.3) is 11.8 Å². The van der Waals surface area contributed by atoms with Gasteiger partial charge in [0.1, 0.15) is 11.5 Å². The number of carbonyl (C=O) groups is 4. The number of aromatic nitrogens is 2. The number of ether oxygens (including phenoxy) is 2. The second-order valence-electron chi connectivity index (χ2n) is 28.9. The number of imide groups is 1. The van der Waals surface area contributed by atoms with E-state index in [1.165, 1.54) is 17.1 Å². The molecule has 6 heterocycles. The number of hydrogen-bond acceptors (Lipinski definition) is 15. The lowest BCUT2D eigenvalue weighted by atomic mass is 9.43. The summed E-state index contributed by atoms with van der Waals surface area (Å²) in [6.07, 6.45) is 33.1. The van der Waals surface area contributed by atoms with Gasteiger partial charge in [0.15, 0.2) is 0 Å². The minimum Gasteiger partial charge on any atom is -0.427 e. The molecule has 15 nitrogen and oxygen atoms in total. The number of fused-ring (bicyclic) bond motifs is 4. The van der Waals surface area contributed by atoms with Crippen LogP contribution in [0.3, 0.4) is 0 Å². The quantitative estimate of drug-likeness (QED) is 0.0382. The summed E-state index contributed by atoms with van der Waals surface area (Å²) in [6.45, 7) is 3.24. The first kappa shape index (κ1) is 62.8. The number of amides is 2. The highest BCUT2D eigenvalue weighted by atomic mass is 33.1. The fourth-order valence-corrected chi connectivity index (χ4v) is 22.3. The summed E-state index contributed by atoms with van der Waals surface area (Å²) in [7, 11) is 3.53. The maximum absolute atomic E-state index is 15.8. The van der Waals surface area contributed by atoms with Gasteiger partial charge >= 0.3 is 11.9 Å². The van der Waals surface area contributed by atoms with E-state index in [-0.39, 0.29) is 89.1 Å². The Morgan fingerprint density at radius 1 is 0.890 bits per heavy atom. The van der Waals surface area contributed by atoms with Crippen molar-refractivity contribution in [1.82, 2.24) is 30.8 Å². The number of allylic oxidation sites excluding steroid dienone is 5. The van der Waals surface area contributed by atoms with E-state index >= 15 is 9.59 Å². The molecule has 13 aliphatic rings. The molecule has 1 aromatic heterocycles. The van der Waals surface area contributed by atoms with Gasteiger partial charge in [0.05, 0.1) is 46.6 Å². The van der Waals surface area contributed by atoms with Gasteiger partial charge < -0.3 is 45.7 Å². The molecule has 16 atom stereocenters. The third-order valence-corrected chi connectivity index (χ3v) is 26.7. The van der Waals surface area contributed by atoms with E-state index in [1.807, 2.05) is 24.4 Å². The molecule has 5 fully saturated rings. The van der Waals surface area contributed by atoms with E-state index in [0.29, 0.717) is 92.0 Å². The Bertz CT molecular complexity index is 3370. The maximum Gasteiger partial charge on any atom is 0.340 e. The summed E-state index contributed by atoms with van der Waals surface area (Å²) < 4.78 is 13.6. The molecule has 8 aliphatic carbocycles. The molecule has 15 rings (SSSR count). The third kappa shape index (κ3) is 12.3. The predicted molar refractivity (Wildman–Crippen MR) is 351 cm³/mol. The second kappa shape index (κ2) is 27.0. The molecule has 91 heavy (non-hydrogen) atoms. The molecule has 2 aromatic rings. The number of H-pyrrole nitrogens is 1. The molecule has 484 valence electrons. The van der Waals surface area contributed by atoms with Crippen molar-refractivity contribution in [1.29, 1.82) is 0 Å². The number of imidazole rings is 1. The second-order valence-corrected chi connectivity index (χ2v) is 31.5. The van der Waals surface area contributed by atoms with E-state index in [2.05, 4.69) is 81.1 Å². The van der Waals surface area contributed by atoms with Crippen molar-refractivity contribution in [2.45, 2.75) is 166 Å². The summed E-state index contributed by atoms with van der Waals surface area (Å²) in [4.78, 5) is 67.4. The standard InChI is InChI=1S/C74H92N6O9S2/c1-2-73(27-8-9-28-73)37-61-57-20-19-55-54-25-29-74(68(55)67(57)71(86)88-61)62-22-21-56(52-18-17-45-31-46(41-81)33-50(15-10-14-47(52)32-45)59(82)34-44-11-4-3-5-12-44)70(77-39-60(83)53-16-7-6-13-48(53)35-51-38-75-42-78-51)91-90-43-79-63-36-49(26-30-76-63)58(66(54)69(74)72(87)89-62)40-80-64(84)23-24-65(80)85/h3-5,11-12,22-24,26,36-38,42,45-48,50,52-56,58-60,68,70,76-77,79,81-83H,2,6-9,13-14,16-21,25,27-35,39-41,43H2,1H3,(H,75,78)/b61-37-,62-22-/t45-,46+,47+,48+,50-,52+,53-,54-,55-,56-,58-,59+,60-,68+,70+,74-/m0/s1. The molecular formula is C74H92N6O9S2. The summed E-state index contributed by atoms with van der Waals surface area (Å²) in [5, 5.41) is 46.7. The minimum absolute atomic E-state index is 0.00466. The van der Waals surface area contributed by atoms with Crippen LogP contribution in [-0.2, 0) is 41.5 Å². The molecule has 7 N–H and O–H groups in total. The molecule has 0 unspecified atom stereocenters. The SMILES string of the molecule is CCC1(/C=C2\OC(=O)C3=C2CC[C@H]2[C@@H]4CC[C@@]5(C6=C4[C@@H](CN4C(=O)C=CC4=O)C4=CCNC(=C4)NCSS[C@@H](NC[C@H](O)[C@H]4CCCC[C@@H]4Cc4cnc[nH]4)[C@H]([C@@H]4CC[C@H]7C[C@@H](CO)C[C@@H]([C@H](O)Cc8ccccc8)C#CC[C@@H]4C7)C/C=C/5OC6=O)[C@@H]32)CCCC1. The van der Waals surface area contributed by atoms with E-state index in [0.717, 1.165) is 137 Å². The van der Waals surface area contributed by atoms with Crippen molar-refractivity contribution in [3.63, 3.8) is 0 Å². The number of nitrogens with zero attached hydrogens (tertiary/aromatic N) is 2. The van der Waals surface area contributed by atoms with Crippen LogP contribution in [0, 0.1) is 93.7 Å². The number of hydrogen-bond donors (Lipinski definition) is 7. The first-order valence-electron chi connectivity index (χ1n) is 34.7. The Morgan fingerprint density at radius 3 is 2.53 bits per heavy atom. The largest absolute Gasteiger partial charge is 0.427 e. The molecule has 0 radical (unpaired) electrons. The maximum atomic E-state index is 15.8. The molecular weight excluding hydrogens is 1180 g/mol. The van der Waals surface area contributed by atoms with E-state index in [4.69, 9.17) is 9.47 Å². The number of rotatable bonds is 15. The Balaban J connectivity index is 0.893. The Kier molecular flexibility index (Phi) is 18.6. The number of esters is 2. The van der Waals surface area contributed by atoms with Crippen molar-refractivity contribution in [3.05, 3.63) is 136 Å². The highest BCUT2D eigenvalue weighted by Gasteiger charge is 2.69. The fraction of sp³-hybridized carbons (Fsp3) is 0.608. The van der Waals surface area contributed by atoms with Crippen LogP contribution in [0.5, 0.6) is 0 Å². The lowest BCUT2D eigenvalue weighted by Gasteiger charge is -2.57. The summed E-state index contributed by atoms with van der Waals surface area (Å²) >= 11 is 0. The molecule has 5 aliphatic heterocycles. The van der Waals surface area contributed by atoms with Crippen molar-refractivity contribution in [2.24, 2.45) is 81.8 Å². The summed E-state index contributed by atoms with van der Waals surface area (Å²) in [5.41, 5.74) is 5.20. The zero-order valence-electron chi connectivity index (χ0n) is 52.8. The number of dihydropyridines is 1. The van der Waals surface area contributed by atoms with Gasteiger partial charge in [-0.05, 0) is 196 Å². The lowest BCUT2D eigenvalue weighted by Crippen LogP contribution is -2.54. The number of benzene rings is 1. The van der Waals surface area contributed by atoms with Crippen molar-refractivity contribution in [3.8, 4) is 11.8 Å². The molecule has 1 aromatic carbocycles. The Labute approximate surface area is 544 Å². The Hall–Kier alpha value is -5.61. The zero-order valence-corrected chi connectivity index (χ0v) is 54.4. The van der Waals surface area contributed by atoms with Gasteiger partial charge in [0.2, 0.25) is 0 Å². The predicted octanol–water partition coefficient (Wildman–Crippen LogP) is 10.8. The molecule has 1 saturated heterocycles. The topological polar surface area (TPSA) is 215 Å². The molecule has 1 spiro atoms.